The predicted octanol–water partition coefficient (Wildman–Crippen LogP) is 9.45. The van der Waals surface area contributed by atoms with Gasteiger partial charge < -0.3 is 29.5 Å². The third kappa shape index (κ3) is 24.9. The molecule has 0 aliphatic heterocycles. The molecule has 0 unspecified atom stereocenters. The van der Waals surface area contributed by atoms with Gasteiger partial charge in [-0.15, -0.1) is 0 Å². The third-order valence-electron chi connectivity index (χ3n) is 8.51. The minimum absolute atomic E-state index is 0. The number of hydrogen-bond acceptors (Lipinski definition) is 9. The van der Waals surface area contributed by atoms with Gasteiger partial charge >= 0.3 is 35.3 Å². The monoisotopic (exact) mass is 774 g/mol. The molecule has 0 aromatic heterocycles. The molecular weight excluding hydrogens is 711 g/mol. The molecule has 0 aliphatic carbocycles. The number of carbonyl (C=O) groups is 3. The second-order valence-corrected chi connectivity index (χ2v) is 13.2. The summed E-state index contributed by atoms with van der Waals surface area (Å²) in [5, 5.41) is 34.1. The van der Waals surface area contributed by atoms with Crippen molar-refractivity contribution in [2.75, 3.05) is 19.8 Å². The van der Waals surface area contributed by atoms with E-state index in [1.165, 1.54) is 113 Å². The number of para-hydroxylation sites is 3. The van der Waals surface area contributed by atoms with Gasteiger partial charge in [0.2, 0.25) is 0 Å². The van der Waals surface area contributed by atoms with E-state index in [1.807, 2.05) is 0 Å². The zero-order chi connectivity index (χ0) is 39.7. The molecule has 3 aromatic carbocycles. The van der Waals surface area contributed by atoms with Crippen molar-refractivity contribution in [3.8, 4) is 17.2 Å². The van der Waals surface area contributed by atoms with E-state index in [2.05, 4.69) is 20.8 Å². The fourth-order valence-electron chi connectivity index (χ4n) is 5.28. The molecule has 0 fully saturated rings. The molecule has 0 spiro atoms. The van der Waals surface area contributed by atoms with Crippen molar-refractivity contribution in [1.29, 1.82) is 0 Å². The zero-order valence-electron chi connectivity index (χ0n) is 33.5. The van der Waals surface area contributed by atoms with Crippen molar-refractivity contribution in [3.63, 3.8) is 0 Å². The van der Waals surface area contributed by atoms with Crippen molar-refractivity contribution < 1.29 is 43.9 Å². The molecule has 0 saturated carbocycles. The Morgan fingerprint density at radius 2 is 0.600 bits per heavy atom. The van der Waals surface area contributed by atoms with E-state index in [1.54, 1.807) is 36.4 Å². The van der Waals surface area contributed by atoms with E-state index in [4.69, 9.17) is 14.2 Å². The quantitative estimate of drug-likeness (QED) is 0.0376. The van der Waals surface area contributed by atoms with Crippen LogP contribution in [0.25, 0.3) is 0 Å². The smallest absolute Gasteiger partial charge is 0.872 e. The van der Waals surface area contributed by atoms with E-state index in [0.29, 0.717) is 19.8 Å². The molecule has 0 amide bonds. The summed E-state index contributed by atoms with van der Waals surface area (Å²) < 4.78 is 15.2. The number of ether oxygens (including phenoxy) is 3. The first-order valence-corrected chi connectivity index (χ1v) is 20.1. The molecule has 300 valence electrons. The summed E-state index contributed by atoms with van der Waals surface area (Å²) >= 11 is 0. The fraction of sp³-hybridized carbons (Fsp3) is 0.533. The molecule has 0 atom stereocenters. The van der Waals surface area contributed by atoms with Gasteiger partial charge in [-0.3, -0.25) is 0 Å². The molecule has 0 radical (unpaired) electrons. The van der Waals surface area contributed by atoms with Crippen LogP contribution in [0.2, 0.25) is 0 Å². The van der Waals surface area contributed by atoms with E-state index >= 15 is 0 Å². The van der Waals surface area contributed by atoms with Gasteiger partial charge in [0.05, 0.1) is 36.5 Å². The molecule has 3 rings (SSSR count). The zero-order valence-corrected chi connectivity index (χ0v) is 34.7. The number of unbranched alkanes of at least 4 members (excludes halogenated alkanes) is 15. The maximum atomic E-state index is 11.6. The molecule has 0 saturated heterocycles. The Bertz CT molecular complexity index is 1260. The van der Waals surface area contributed by atoms with Gasteiger partial charge in [0.25, 0.3) is 0 Å². The number of hydrogen-bond donors (Lipinski definition) is 0. The summed E-state index contributed by atoms with van der Waals surface area (Å²) in [6.07, 6.45) is 20.6. The van der Waals surface area contributed by atoms with Crippen LogP contribution in [0.3, 0.4) is 0 Å². The van der Waals surface area contributed by atoms with Gasteiger partial charge in [-0.1, -0.05) is 189 Å². The van der Waals surface area contributed by atoms with Gasteiger partial charge in [0, 0.05) is 0 Å². The standard InChI is InChI=1S/3C15H22O3.Al/c3*1-2-3-4-5-6-9-12-18-15(17)13-10-7-8-11-14(13)16;/h3*7-8,10-11,16H,2-6,9,12H2,1H3;/q;;;+3/p-3. The Kier molecular flexibility index (Phi) is 32.0. The van der Waals surface area contributed by atoms with E-state index in [0.717, 1.165) is 38.5 Å². The summed E-state index contributed by atoms with van der Waals surface area (Å²) in [7, 11) is 0. The number of benzene rings is 3. The van der Waals surface area contributed by atoms with Gasteiger partial charge in [-0.2, -0.15) is 0 Å². The van der Waals surface area contributed by atoms with Crippen molar-refractivity contribution in [2.45, 2.75) is 136 Å². The molecule has 3 aromatic rings. The Hall–Kier alpha value is -4.00. The minimum Gasteiger partial charge on any atom is -0.872 e. The Labute approximate surface area is 340 Å². The second-order valence-electron chi connectivity index (χ2n) is 13.2. The molecule has 0 heterocycles. The molecule has 0 bridgehead atoms. The summed E-state index contributed by atoms with van der Waals surface area (Å²) in [4.78, 5) is 34.7. The summed E-state index contributed by atoms with van der Waals surface area (Å²) in [5.74, 6) is -2.33. The summed E-state index contributed by atoms with van der Waals surface area (Å²) in [6, 6.07) is 18.5. The Morgan fingerprint density at radius 1 is 0.382 bits per heavy atom. The number of carbonyl (C=O) groups excluding carboxylic acids is 3. The third-order valence-corrected chi connectivity index (χ3v) is 8.51. The summed E-state index contributed by atoms with van der Waals surface area (Å²) in [6.45, 7) is 7.75. The molecule has 9 nitrogen and oxygen atoms in total. The minimum atomic E-state index is -0.505. The van der Waals surface area contributed by atoms with Crippen LogP contribution in [0.5, 0.6) is 17.2 Å². The van der Waals surface area contributed by atoms with Crippen LogP contribution in [0.15, 0.2) is 72.8 Å². The van der Waals surface area contributed by atoms with Gasteiger partial charge in [0.15, 0.2) is 0 Å². The predicted molar refractivity (Wildman–Crippen MR) is 214 cm³/mol. The topological polar surface area (TPSA) is 148 Å². The fourth-order valence-corrected chi connectivity index (χ4v) is 5.28. The van der Waals surface area contributed by atoms with E-state index in [-0.39, 0.29) is 51.3 Å². The summed E-state index contributed by atoms with van der Waals surface area (Å²) in [5.41, 5.74) is 0.385. The van der Waals surface area contributed by atoms with Crippen molar-refractivity contribution in [3.05, 3.63) is 89.5 Å². The average molecular weight is 775 g/mol. The van der Waals surface area contributed by atoms with Gasteiger partial charge in [0.1, 0.15) is 0 Å². The van der Waals surface area contributed by atoms with Crippen molar-refractivity contribution in [1.82, 2.24) is 0 Å². The molecule has 55 heavy (non-hydrogen) atoms. The van der Waals surface area contributed by atoms with Crippen molar-refractivity contribution in [2.24, 2.45) is 0 Å². The van der Waals surface area contributed by atoms with Gasteiger partial charge in [-0.05, 0) is 37.5 Å². The second kappa shape index (κ2) is 34.5. The maximum absolute atomic E-state index is 11.6. The molecular formula is C45H63AlO9. The SMILES string of the molecule is CCCCCCCCOC(=O)c1ccccc1[O-].CCCCCCCCOC(=O)c1ccccc1[O-].CCCCCCCCOC(=O)c1ccccc1[O-].[Al+3]. The first kappa shape index (κ1) is 51.0. The normalized spacial score (nSPS) is 10.1. The first-order chi connectivity index (χ1) is 26.3. The Balaban J connectivity index is 0.000000788. The van der Waals surface area contributed by atoms with Crippen LogP contribution in [0.1, 0.15) is 167 Å². The molecule has 0 N–H and O–H groups in total. The number of rotatable bonds is 24. The largest absolute Gasteiger partial charge is 3.00 e. The van der Waals surface area contributed by atoms with Crippen LogP contribution in [0, 0.1) is 0 Å². The Morgan fingerprint density at radius 3 is 0.836 bits per heavy atom. The van der Waals surface area contributed by atoms with Crippen LogP contribution in [-0.2, 0) is 14.2 Å². The van der Waals surface area contributed by atoms with E-state index in [9.17, 15) is 29.7 Å². The van der Waals surface area contributed by atoms with E-state index < -0.39 is 17.9 Å². The maximum Gasteiger partial charge on any atom is 3.00 e. The van der Waals surface area contributed by atoms with Crippen LogP contribution < -0.4 is 15.3 Å². The number of esters is 3. The van der Waals surface area contributed by atoms with Crippen LogP contribution >= 0.6 is 0 Å². The first-order valence-electron chi connectivity index (χ1n) is 20.1. The van der Waals surface area contributed by atoms with Gasteiger partial charge in [-0.25, -0.2) is 14.4 Å². The van der Waals surface area contributed by atoms with Crippen LogP contribution in [-0.4, -0.2) is 55.1 Å². The molecule has 0 aliphatic rings. The van der Waals surface area contributed by atoms with Crippen LogP contribution in [0.4, 0.5) is 0 Å². The average Bonchev–Trinajstić information content (AvgIpc) is 3.17. The molecule has 10 heteroatoms. The van der Waals surface area contributed by atoms with Crippen molar-refractivity contribution >= 4 is 35.3 Å².